The van der Waals surface area contributed by atoms with Gasteiger partial charge in [-0.25, -0.2) is 13.2 Å². The number of sulfonamides is 1. The van der Waals surface area contributed by atoms with E-state index in [-0.39, 0.29) is 29.8 Å². The van der Waals surface area contributed by atoms with E-state index in [1.54, 1.807) is 61.4 Å². The number of benzene rings is 3. The van der Waals surface area contributed by atoms with Crippen molar-refractivity contribution in [2.45, 2.75) is 30.8 Å². The number of nitrogen functional groups attached to an aromatic ring is 1. The van der Waals surface area contributed by atoms with Crippen LogP contribution in [0.25, 0.3) is 10.8 Å². The lowest BCUT2D eigenvalue weighted by atomic mass is 10.1. The van der Waals surface area contributed by atoms with Crippen LogP contribution in [0, 0.1) is 5.41 Å². The normalized spacial score (nSPS) is 15.5. The Balaban J connectivity index is 1.50. The van der Waals surface area contributed by atoms with Crippen LogP contribution in [0.1, 0.15) is 24.5 Å². The predicted molar refractivity (Wildman–Crippen MR) is 147 cm³/mol. The third kappa shape index (κ3) is 5.81. The highest BCUT2D eigenvalue weighted by atomic mass is 32.2. The molecule has 1 aliphatic heterocycles. The first-order valence-corrected chi connectivity index (χ1v) is 13.7. The minimum absolute atomic E-state index is 0.0848. The van der Waals surface area contributed by atoms with Crippen LogP contribution in [-0.2, 0) is 26.1 Å². The summed E-state index contributed by atoms with van der Waals surface area (Å²) in [7, 11) is -1.01. The van der Waals surface area contributed by atoms with Gasteiger partial charge in [0.05, 0.1) is 18.6 Å². The third-order valence-corrected chi connectivity index (χ3v) is 8.56. The summed E-state index contributed by atoms with van der Waals surface area (Å²) in [5.74, 6) is 0.106. The number of fused-ring (bicyclic) bond motifs is 1. The van der Waals surface area contributed by atoms with Crippen molar-refractivity contribution >= 4 is 44.3 Å². The van der Waals surface area contributed by atoms with Crippen molar-refractivity contribution in [1.29, 1.82) is 5.41 Å². The molecule has 11 nitrogen and oxygen atoms in total. The summed E-state index contributed by atoms with van der Waals surface area (Å²) in [4.78, 5) is 26.6. The lowest BCUT2D eigenvalue weighted by Crippen LogP contribution is -2.42. The number of hydrogen-bond donors (Lipinski definition) is 3. The van der Waals surface area contributed by atoms with Crippen LogP contribution in [0.4, 0.5) is 10.5 Å². The predicted octanol–water partition coefficient (Wildman–Crippen LogP) is 2.92. The monoisotopic (exact) mass is 553 g/mol. The van der Waals surface area contributed by atoms with Crippen LogP contribution in [0.5, 0.6) is 5.75 Å². The Morgan fingerprint density at radius 1 is 1.15 bits per heavy atom. The smallest absolute Gasteiger partial charge is 0.412 e. The highest BCUT2D eigenvalue weighted by Gasteiger charge is 2.40. The topological polar surface area (TPSA) is 155 Å². The molecule has 0 radical (unpaired) electrons. The second-order valence-corrected chi connectivity index (χ2v) is 11.1. The number of rotatable bonds is 8. The molecular weight excluding hydrogens is 522 g/mol. The number of amides is 2. The summed E-state index contributed by atoms with van der Waals surface area (Å²) in [5, 5.41) is 12.0. The van der Waals surface area contributed by atoms with Gasteiger partial charge in [-0.3, -0.25) is 15.5 Å². The summed E-state index contributed by atoms with van der Waals surface area (Å²) in [6.45, 7) is 2.29. The van der Waals surface area contributed by atoms with Gasteiger partial charge in [0.2, 0.25) is 15.9 Å². The van der Waals surface area contributed by atoms with Gasteiger partial charge >= 0.3 is 6.09 Å². The third-order valence-electron chi connectivity index (χ3n) is 6.70. The summed E-state index contributed by atoms with van der Waals surface area (Å²) in [6, 6.07) is 14.2. The van der Waals surface area contributed by atoms with Crippen molar-refractivity contribution in [2.75, 3.05) is 33.0 Å². The van der Waals surface area contributed by atoms with E-state index in [4.69, 9.17) is 20.6 Å². The molecule has 1 saturated heterocycles. The molecule has 3 aromatic rings. The Bertz CT molecular complexity index is 1540. The molecule has 0 unspecified atom stereocenters. The van der Waals surface area contributed by atoms with Gasteiger partial charge in [-0.05, 0) is 72.1 Å². The van der Waals surface area contributed by atoms with Gasteiger partial charge in [0.1, 0.15) is 17.6 Å². The number of carbonyl (C=O) groups is 2. The van der Waals surface area contributed by atoms with Gasteiger partial charge < -0.3 is 20.1 Å². The Labute approximate surface area is 227 Å². The summed E-state index contributed by atoms with van der Waals surface area (Å²) < 4.78 is 38.1. The first-order valence-electron chi connectivity index (χ1n) is 12.3. The highest BCUT2D eigenvalue weighted by Crippen LogP contribution is 2.29. The largest absolute Gasteiger partial charge is 0.497 e. The van der Waals surface area contributed by atoms with Crippen molar-refractivity contribution in [3.8, 4) is 5.75 Å². The van der Waals surface area contributed by atoms with Crippen LogP contribution in [0.15, 0.2) is 59.5 Å². The van der Waals surface area contributed by atoms with Crippen molar-refractivity contribution in [2.24, 2.45) is 0 Å². The Morgan fingerprint density at radius 2 is 1.90 bits per heavy atom. The summed E-state index contributed by atoms with van der Waals surface area (Å²) >= 11 is 0. The molecule has 12 heteroatoms. The SMILES string of the molecule is CCOC(=O)NC(=N)c1ccc(N)c(CN2CC[C@H](N(C)S(=O)(=O)c3ccc4ccc(OC)cc4c3)C2=O)c1. The van der Waals surface area contributed by atoms with Gasteiger partial charge in [-0.2, -0.15) is 4.31 Å². The lowest BCUT2D eigenvalue weighted by Gasteiger charge is -2.24. The van der Waals surface area contributed by atoms with E-state index >= 15 is 0 Å². The van der Waals surface area contributed by atoms with Gasteiger partial charge in [0, 0.05) is 31.4 Å². The van der Waals surface area contributed by atoms with E-state index < -0.39 is 22.2 Å². The number of alkyl carbamates (subject to hydrolysis) is 1. The number of nitrogens with two attached hydrogens (primary N) is 1. The quantitative estimate of drug-likeness (QED) is 0.220. The maximum atomic E-state index is 13.5. The van der Waals surface area contributed by atoms with E-state index in [9.17, 15) is 18.0 Å². The number of likely N-dealkylation sites (N-methyl/N-ethyl adjacent to an activating group) is 1. The lowest BCUT2D eigenvalue weighted by molar-refractivity contribution is -0.131. The van der Waals surface area contributed by atoms with Gasteiger partial charge in [-0.1, -0.05) is 12.1 Å². The number of hydrogen-bond acceptors (Lipinski definition) is 8. The zero-order valence-corrected chi connectivity index (χ0v) is 22.7. The minimum atomic E-state index is -3.96. The van der Waals surface area contributed by atoms with E-state index in [0.717, 1.165) is 9.69 Å². The molecule has 0 spiro atoms. The molecule has 1 fully saturated rings. The van der Waals surface area contributed by atoms with E-state index in [2.05, 4.69) is 5.32 Å². The first kappa shape index (κ1) is 27.9. The van der Waals surface area contributed by atoms with E-state index in [1.807, 2.05) is 6.07 Å². The van der Waals surface area contributed by atoms with Crippen LogP contribution in [0.2, 0.25) is 0 Å². The van der Waals surface area contributed by atoms with E-state index in [0.29, 0.717) is 40.9 Å². The molecule has 1 heterocycles. The van der Waals surface area contributed by atoms with Gasteiger partial charge in [-0.15, -0.1) is 0 Å². The second kappa shape index (κ2) is 11.3. The molecule has 0 saturated carbocycles. The molecule has 0 aliphatic carbocycles. The Kier molecular flexibility index (Phi) is 8.07. The zero-order valence-electron chi connectivity index (χ0n) is 21.9. The number of ether oxygens (including phenoxy) is 2. The number of nitrogens with one attached hydrogen (secondary N) is 2. The molecule has 1 aliphatic rings. The Hall–Kier alpha value is -4.16. The molecule has 3 aromatic carbocycles. The summed E-state index contributed by atoms with van der Waals surface area (Å²) in [5.41, 5.74) is 7.51. The Morgan fingerprint density at radius 3 is 2.62 bits per heavy atom. The van der Waals surface area contributed by atoms with Crippen LogP contribution in [0.3, 0.4) is 0 Å². The second-order valence-electron chi connectivity index (χ2n) is 9.09. The fourth-order valence-electron chi connectivity index (χ4n) is 4.49. The van der Waals surface area contributed by atoms with Crippen LogP contribution < -0.4 is 15.8 Å². The molecule has 206 valence electrons. The average molecular weight is 554 g/mol. The fourth-order valence-corrected chi connectivity index (χ4v) is 5.87. The van der Waals surface area contributed by atoms with Crippen LogP contribution >= 0.6 is 0 Å². The van der Waals surface area contributed by atoms with Crippen molar-refractivity contribution < 1.29 is 27.5 Å². The molecule has 0 bridgehead atoms. The fraction of sp³-hybridized carbons (Fsp3) is 0.296. The molecule has 0 aromatic heterocycles. The number of likely N-dealkylation sites (tertiary alicyclic amines) is 1. The average Bonchev–Trinajstić information content (AvgIpc) is 3.28. The number of amidine groups is 1. The van der Waals surface area contributed by atoms with Crippen molar-refractivity contribution in [3.05, 3.63) is 65.7 Å². The van der Waals surface area contributed by atoms with Gasteiger partial charge in [0.25, 0.3) is 0 Å². The maximum Gasteiger partial charge on any atom is 0.412 e. The number of methoxy groups -OCH3 is 1. The molecular formula is C27H31N5O6S. The molecule has 4 N–H and O–H groups in total. The van der Waals surface area contributed by atoms with E-state index in [1.165, 1.54) is 13.1 Å². The first-order chi connectivity index (χ1) is 18.5. The van der Waals surface area contributed by atoms with Crippen molar-refractivity contribution in [1.82, 2.24) is 14.5 Å². The standard InChI is InChI=1S/C27H31N5O6S/c1-4-38-27(34)30-25(29)18-7-10-23(28)20(13-18)16-32-12-11-24(26(32)33)31(2)39(35,36)22-9-6-17-5-8-21(37-3)14-19(17)15-22/h5-10,13-15,24H,4,11-12,16,28H2,1-3H3,(H2,29,30,34)/t24-/m0/s1. The number of carbonyl (C=O) groups excluding carboxylic acids is 2. The van der Waals surface area contributed by atoms with Crippen molar-refractivity contribution in [3.63, 3.8) is 0 Å². The molecule has 4 rings (SSSR count). The van der Waals surface area contributed by atoms with Crippen LogP contribution in [-0.4, -0.2) is 68.8 Å². The summed E-state index contributed by atoms with van der Waals surface area (Å²) in [6.07, 6.45) is -0.427. The highest BCUT2D eigenvalue weighted by molar-refractivity contribution is 7.89. The molecule has 39 heavy (non-hydrogen) atoms. The molecule has 1 atom stereocenters. The minimum Gasteiger partial charge on any atom is -0.497 e. The van der Waals surface area contributed by atoms with Gasteiger partial charge in [0.15, 0.2) is 0 Å². The number of nitrogens with zero attached hydrogens (tertiary/aromatic N) is 2. The zero-order chi connectivity index (χ0) is 28.3. The molecule has 2 amide bonds. The maximum absolute atomic E-state index is 13.5. The number of anilines is 1.